The van der Waals surface area contributed by atoms with Crippen molar-refractivity contribution in [1.29, 1.82) is 0 Å². The highest BCUT2D eigenvalue weighted by atomic mass is 19.1. The van der Waals surface area contributed by atoms with Crippen molar-refractivity contribution in [2.24, 2.45) is 0 Å². The number of rotatable bonds is 5. The molecule has 1 aromatic carbocycles. The molecule has 1 amide bonds. The van der Waals surface area contributed by atoms with Crippen LogP contribution in [0.15, 0.2) is 45.7 Å². The molecule has 3 aromatic rings. The second kappa shape index (κ2) is 8.22. The Morgan fingerprint density at radius 3 is 2.90 bits per heavy atom. The van der Waals surface area contributed by atoms with Crippen LogP contribution in [0.25, 0.3) is 0 Å². The van der Waals surface area contributed by atoms with Gasteiger partial charge in [0.15, 0.2) is 0 Å². The average molecular weight is 410 g/mol. The molecule has 1 atom stereocenters. The Bertz CT molecular complexity index is 1140. The molecule has 2 aromatic heterocycles. The summed E-state index contributed by atoms with van der Waals surface area (Å²) < 4.78 is 20.7. The van der Waals surface area contributed by atoms with Crippen molar-refractivity contribution >= 4 is 5.91 Å². The number of aryl methyl sites for hydroxylation is 2. The summed E-state index contributed by atoms with van der Waals surface area (Å²) in [6.45, 7) is 4.06. The molecule has 1 saturated heterocycles. The van der Waals surface area contributed by atoms with E-state index in [1.807, 2.05) is 6.07 Å². The smallest absolute Gasteiger partial charge is 0.348 e. The highest BCUT2D eigenvalue weighted by Crippen LogP contribution is 2.32. The van der Waals surface area contributed by atoms with Gasteiger partial charge in [-0.2, -0.15) is 4.98 Å². The quantitative estimate of drug-likeness (QED) is 0.646. The fourth-order valence-electron chi connectivity index (χ4n) is 3.92. The van der Waals surface area contributed by atoms with E-state index in [1.54, 1.807) is 37.1 Å². The van der Waals surface area contributed by atoms with Crippen molar-refractivity contribution in [1.82, 2.24) is 19.4 Å². The predicted octanol–water partition coefficient (Wildman–Crippen LogP) is 2.94. The summed E-state index contributed by atoms with van der Waals surface area (Å²) in [5.74, 6) is 0.622. The van der Waals surface area contributed by atoms with Gasteiger partial charge in [-0.05, 0) is 50.5 Å². The minimum Gasteiger partial charge on any atom is -0.443 e. The molecule has 0 aliphatic carbocycles. The normalized spacial score (nSPS) is 16.2. The van der Waals surface area contributed by atoms with Crippen LogP contribution in [0.3, 0.4) is 0 Å². The molecule has 1 unspecified atom stereocenters. The van der Waals surface area contributed by atoms with Gasteiger partial charge in [-0.15, -0.1) is 0 Å². The molecule has 156 valence electrons. The molecular weight excluding hydrogens is 387 g/mol. The van der Waals surface area contributed by atoms with E-state index in [2.05, 4.69) is 9.97 Å². The maximum absolute atomic E-state index is 13.4. The third-order valence-electron chi connectivity index (χ3n) is 5.34. The highest BCUT2D eigenvalue weighted by molar-refractivity contribution is 5.76. The monoisotopic (exact) mass is 410 g/mol. The van der Waals surface area contributed by atoms with E-state index in [1.165, 1.54) is 16.7 Å². The summed E-state index contributed by atoms with van der Waals surface area (Å²) in [6.07, 6.45) is 3.62. The first-order chi connectivity index (χ1) is 14.4. The van der Waals surface area contributed by atoms with Gasteiger partial charge < -0.3 is 9.32 Å². The first-order valence-electron chi connectivity index (χ1n) is 9.94. The highest BCUT2D eigenvalue weighted by Gasteiger charge is 2.33. The largest absolute Gasteiger partial charge is 0.443 e. The number of amides is 1. The van der Waals surface area contributed by atoms with Crippen LogP contribution in [0.1, 0.15) is 47.5 Å². The van der Waals surface area contributed by atoms with Crippen LogP contribution >= 0.6 is 0 Å². The van der Waals surface area contributed by atoms with Crippen LogP contribution in [0.2, 0.25) is 0 Å². The third-order valence-corrected chi connectivity index (χ3v) is 5.34. The van der Waals surface area contributed by atoms with Crippen LogP contribution in [-0.4, -0.2) is 31.9 Å². The van der Waals surface area contributed by atoms with Crippen molar-refractivity contribution in [3.63, 3.8) is 0 Å². The van der Waals surface area contributed by atoms with Crippen LogP contribution in [0, 0.1) is 19.7 Å². The molecule has 0 saturated carbocycles. The SMILES string of the molecule is Cc1cc(C)n(CC(=O)N2CCCC2c2ncc(Cc3cccc(F)c3)o2)c(=O)n1. The fourth-order valence-corrected chi connectivity index (χ4v) is 3.92. The van der Waals surface area contributed by atoms with E-state index < -0.39 is 5.69 Å². The molecule has 1 aliphatic rings. The number of carbonyl (C=O) groups is 1. The summed E-state index contributed by atoms with van der Waals surface area (Å²) in [6, 6.07) is 7.85. The fraction of sp³-hybridized carbons (Fsp3) is 0.364. The first-order valence-corrected chi connectivity index (χ1v) is 9.94. The molecule has 0 radical (unpaired) electrons. The molecule has 4 rings (SSSR count). The minimum absolute atomic E-state index is 0.0642. The van der Waals surface area contributed by atoms with Gasteiger partial charge in [-0.1, -0.05) is 12.1 Å². The van der Waals surface area contributed by atoms with E-state index in [-0.39, 0.29) is 24.3 Å². The third kappa shape index (κ3) is 4.17. The summed E-state index contributed by atoms with van der Waals surface area (Å²) in [5.41, 5.74) is 1.69. The zero-order chi connectivity index (χ0) is 21.3. The molecule has 0 spiro atoms. The van der Waals surface area contributed by atoms with Crippen LogP contribution in [-0.2, 0) is 17.8 Å². The van der Waals surface area contributed by atoms with Gasteiger partial charge in [-0.25, -0.2) is 14.2 Å². The van der Waals surface area contributed by atoms with E-state index >= 15 is 0 Å². The van der Waals surface area contributed by atoms with E-state index in [9.17, 15) is 14.0 Å². The molecule has 3 heterocycles. The topological polar surface area (TPSA) is 81.2 Å². The number of likely N-dealkylation sites (tertiary alicyclic amines) is 1. The summed E-state index contributed by atoms with van der Waals surface area (Å²) in [7, 11) is 0. The van der Waals surface area contributed by atoms with Gasteiger partial charge in [0.25, 0.3) is 0 Å². The Hall–Kier alpha value is -3.29. The molecule has 7 nitrogen and oxygen atoms in total. The number of hydrogen-bond donors (Lipinski definition) is 0. The van der Waals surface area contributed by atoms with Gasteiger partial charge in [0.1, 0.15) is 24.2 Å². The minimum atomic E-state index is -0.426. The lowest BCUT2D eigenvalue weighted by Gasteiger charge is -2.23. The van der Waals surface area contributed by atoms with Crippen LogP contribution in [0.4, 0.5) is 4.39 Å². The number of nitrogens with zero attached hydrogens (tertiary/aromatic N) is 4. The van der Waals surface area contributed by atoms with Gasteiger partial charge >= 0.3 is 5.69 Å². The number of halogens is 1. The van der Waals surface area contributed by atoms with Crippen LogP contribution < -0.4 is 5.69 Å². The zero-order valence-corrected chi connectivity index (χ0v) is 17.0. The molecule has 0 N–H and O–H groups in total. The van der Waals surface area contributed by atoms with Gasteiger partial charge in [0, 0.05) is 24.4 Å². The summed E-state index contributed by atoms with van der Waals surface area (Å²) in [5, 5.41) is 0. The lowest BCUT2D eigenvalue weighted by atomic mass is 10.1. The Labute approximate surface area is 173 Å². The predicted molar refractivity (Wildman–Crippen MR) is 107 cm³/mol. The Morgan fingerprint density at radius 2 is 2.13 bits per heavy atom. The molecule has 8 heteroatoms. The van der Waals surface area contributed by atoms with Crippen molar-refractivity contribution < 1.29 is 13.6 Å². The molecule has 30 heavy (non-hydrogen) atoms. The van der Waals surface area contributed by atoms with E-state index in [0.717, 1.165) is 18.4 Å². The van der Waals surface area contributed by atoms with Gasteiger partial charge in [0.05, 0.1) is 6.20 Å². The average Bonchev–Trinajstić information content (AvgIpc) is 3.33. The van der Waals surface area contributed by atoms with Crippen molar-refractivity contribution in [3.8, 4) is 0 Å². The van der Waals surface area contributed by atoms with Gasteiger partial charge in [0.2, 0.25) is 11.8 Å². The zero-order valence-electron chi connectivity index (χ0n) is 17.0. The maximum atomic E-state index is 13.4. The van der Waals surface area contributed by atoms with Crippen molar-refractivity contribution in [3.05, 3.63) is 81.4 Å². The second-order valence-electron chi connectivity index (χ2n) is 7.62. The summed E-state index contributed by atoms with van der Waals surface area (Å²) >= 11 is 0. The Morgan fingerprint density at radius 1 is 1.30 bits per heavy atom. The molecule has 1 fully saturated rings. The second-order valence-corrected chi connectivity index (χ2v) is 7.62. The standard InChI is InChI=1S/C22H23FN4O3/c1-14-9-15(2)27(22(29)25-14)13-20(28)26-8-4-7-19(26)21-24-12-18(30-21)11-16-5-3-6-17(23)10-16/h3,5-6,9-10,12,19H,4,7-8,11,13H2,1-2H3. The molecule has 1 aliphatic heterocycles. The number of carbonyl (C=O) groups excluding carboxylic acids is 1. The van der Waals surface area contributed by atoms with E-state index in [0.29, 0.717) is 36.0 Å². The lowest BCUT2D eigenvalue weighted by Crippen LogP contribution is -2.37. The number of aromatic nitrogens is 3. The van der Waals surface area contributed by atoms with Crippen molar-refractivity contribution in [2.75, 3.05) is 6.54 Å². The van der Waals surface area contributed by atoms with E-state index in [4.69, 9.17) is 4.42 Å². The Kier molecular flexibility index (Phi) is 5.48. The summed E-state index contributed by atoms with van der Waals surface area (Å²) in [4.78, 5) is 35.1. The van der Waals surface area contributed by atoms with Gasteiger partial charge in [-0.3, -0.25) is 9.36 Å². The number of benzene rings is 1. The van der Waals surface area contributed by atoms with Crippen LogP contribution in [0.5, 0.6) is 0 Å². The number of hydrogen-bond acceptors (Lipinski definition) is 5. The number of oxazole rings is 1. The molecule has 0 bridgehead atoms. The Balaban J connectivity index is 1.49. The lowest BCUT2D eigenvalue weighted by molar-refractivity contribution is -0.133. The van der Waals surface area contributed by atoms with Crippen molar-refractivity contribution in [2.45, 2.75) is 45.7 Å². The maximum Gasteiger partial charge on any atom is 0.348 e. The first kappa shape index (κ1) is 20.0. The molecular formula is C22H23FN4O3.